The molecule has 0 aromatic heterocycles. The maximum absolute atomic E-state index is 11.0. The van der Waals surface area contributed by atoms with Crippen molar-refractivity contribution in [1.82, 2.24) is 0 Å². The van der Waals surface area contributed by atoms with Gasteiger partial charge in [0.2, 0.25) is 0 Å². The molecule has 0 saturated carbocycles. The highest BCUT2D eigenvalue weighted by Gasteiger charge is 2.20. The van der Waals surface area contributed by atoms with E-state index >= 15 is 0 Å². The standard InChI is InChI=1S/C9H16O5/c1-3-5-14-9(12)7(10)6-8(11)13-4-2/h7,10H,3-6H2,1-2H3. The SMILES string of the molecule is CCCOC(=O)C(O)CC(=O)OCC. The first-order valence-electron chi connectivity index (χ1n) is 4.62. The van der Waals surface area contributed by atoms with Gasteiger partial charge in [0.05, 0.1) is 19.6 Å². The van der Waals surface area contributed by atoms with Gasteiger partial charge in [-0.1, -0.05) is 6.92 Å². The third-order valence-corrected chi connectivity index (χ3v) is 1.39. The Morgan fingerprint density at radius 2 is 1.93 bits per heavy atom. The summed E-state index contributed by atoms with van der Waals surface area (Å²) < 4.78 is 9.20. The summed E-state index contributed by atoms with van der Waals surface area (Å²) in [5.74, 6) is -1.38. The van der Waals surface area contributed by atoms with Crippen LogP contribution in [-0.4, -0.2) is 36.4 Å². The molecule has 0 aliphatic heterocycles. The number of carbonyl (C=O) groups is 2. The van der Waals surface area contributed by atoms with Crippen molar-refractivity contribution >= 4 is 11.9 Å². The average molecular weight is 204 g/mol. The molecule has 0 amide bonds. The number of aliphatic hydroxyl groups is 1. The van der Waals surface area contributed by atoms with E-state index in [0.29, 0.717) is 6.42 Å². The van der Waals surface area contributed by atoms with Gasteiger partial charge in [-0.2, -0.15) is 0 Å². The highest BCUT2D eigenvalue weighted by molar-refractivity contribution is 5.81. The molecular formula is C9H16O5. The van der Waals surface area contributed by atoms with Gasteiger partial charge in [-0.3, -0.25) is 4.79 Å². The van der Waals surface area contributed by atoms with Gasteiger partial charge in [0.15, 0.2) is 6.10 Å². The molecule has 0 heterocycles. The van der Waals surface area contributed by atoms with Crippen LogP contribution in [0.25, 0.3) is 0 Å². The largest absolute Gasteiger partial charge is 0.466 e. The quantitative estimate of drug-likeness (QED) is 0.628. The smallest absolute Gasteiger partial charge is 0.335 e. The Labute approximate surface area is 83.0 Å². The van der Waals surface area contributed by atoms with Crippen molar-refractivity contribution < 1.29 is 24.2 Å². The minimum absolute atomic E-state index is 0.232. The molecule has 1 N–H and O–H groups in total. The van der Waals surface area contributed by atoms with Gasteiger partial charge in [-0.05, 0) is 13.3 Å². The Hall–Kier alpha value is -1.10. The zero-order chi connectivity index (χ0) is 11.0. The summed E-state index contributed by atoms with van der Waals surface area (Å²) in [6.45, 7) is 3.97. The fourth-order valence-electron chi connectivity index (χ4n) is 0.760. The van der Waals surface area contributed by atoms with Crippen LogP contribution in [0.3, 0.4) is 0 Å². The average Bonchev–Trinajstić information content (AvgIpc) is 2.14. The van der Waals surface area contributed by atoms with Gasteiger partial charge in [0.1, 0.15) is 0 Å². The van der Waals surface area contributed by atoms with E-state index in [9.17, 15) is 9.59 Å². The maximum atomic E-state index is 11.0. The highest BCUT2D eigenvalue weighted by Crippen LogP contribution is 1.98. The Morgan fingerprint density at radius 3 is 2.43 bits per heavy atom. The van der Waals surface area contributed by atoms with Gasteiger partial charge in [0, 0.05) is 0 Å². The van der Waals surface area contributed by atoms with Crippen LogP contribution in [0.15, 0.2) is 0 Å². The highest BCUT2D eigenvalue weighted by atomic mass is 16.6. The second kappa shape index (κ2) is 7.32. The van der Waals surface area contributed by atoms with E-state index < -0.39 is 18.0 Å². The summed E-state index contributed by atoms with van der Waals surface area (Å²) in [7, 11) is 0. The van der Waals surface area contributed by atoms with E-state index in [1.54, 1.807) is 6.92 Å². The van der Waals surface area contributed by atoms with E-state index in [-0.39, 0.29) is 19.6 Å². The first kappa shape index (κ1) is 12.9. The number of rotatable bonds is 6. The summed E-state index contributed by atoms with van der Waals surface area (Å²) in [6, 6.07) is 0. The number of esters is 2. The first-order valence-corrected chi connectivity index (χ1v) is 4.62. The van der Waals surface area contributed by atoms with Gasteiger partial charge in [-0.15, -0.1) is 0 Å². The third-order valence-electron chi connectivity index (χ3n) is 1.39. The van der Waals surface area contributed by atoms with Crippen molar-refractivity contribution in [2.24, 2.45) is 0 Å². The molecule has 14 heavy (non-hydrogen) atoms. The Bertz CT molecular complexity index is 190. The van der Waals surface area contributed by atoms with Crippen LogP contribution >= 0.6 is 0 Å². The summed E-state index contributed by atoms with van der Waals surface area (Å²) in [6.07, 6.45) is -1.09. The zero-order valence-corrected chi connectivity index (χ0v) is 8.49. The van der Waals surface area contributed by atoms with Crippen molar-refractivity contribution in [3.05, 3.63) is 0 Å². The molecule has 0 aromatic carbocycles. The molecule has 0 radical (unpaired) electrons. The zero-order valence-electron chi connectivity index (χ0n) is 8.49. The molecule has 1 atom stereocenters. The molecule has 0 spiro atoms. The Kier molecular flexibility index (Phi) is 6.74. The van der Waals surface area contributed by atoms with Crippen molar-refractivity contribution in [2.75, 3.05) is 13.2 Å². The van der Waals surface area contributed by atoms with Crippen molar-refractivity contribution in [3.63, 3.8) is 0 Å². The summed E-state index contributed by atoms with van der Waals surface area (Å²) in [4.78, 5) is 21.8. The van der Waals surface area contributed by atoms with E-state index in [1.807, 2.05) is 6.92 Å². The summed E-state index contributed by atoms with van der Waals surface area (Å²) in [5, 5.41) is 9.17. The predicted octanol–water partition coefficient (Wildman–Crippen LogP) is 0.254. The Balaban J connectivity index is 3.76. The van der Waals surface area contributed by atoms with Crippen LogP contribution in [0.1, 0.15) is 26.7 Å². The minimum Gasteiger partial charge on any atom is -0.466 e. The molecule has 82 valence electrons. The third kappa shape index (κ3) is 5.53. The van der Waals surface area contributed by atoms with Gasteiger partial charge < -0.3 is 14.6 Å². The summed E-state index contributed by atoms with van der Waals surface area (Å²) >= 11 is 0. The number of carbonyl (C=O) groups excluding carboxylic acids is 2. The van der Waals surface area contributed by atoms with Crippen molar-refractivity contribution in [2.45, 2.75) is 32.8 Å². The minimum atomic E-state index is -1.42. The lowest BCUT2D eigenvalue weighted by Crippen LogP contribution is -2.27. The van der Waals surface area contributed by atoms with E-state index in [2.05, 4.69) is 9.47 Å². The number of aliphatic hydroxyl groups excluding tert-OH is 1. The van der Waals surface area contributed by atoms with E-state index in [1.165, 1.54) is 0 Å². The molecule has 0 aromatic rings. The lowest BCUT2D eigenvalue weighted by Gasteiger charge is -2.09. The van der Waals surface area contributed by atoms with Crippen LogP contribution < -0.4 is 0 Å². The van der Waals surface area contributed by atoms with E-state index in [0.717, 1.165) is 0 Å². The monoisotopic (exact) mass is 204 g/mol. The van der Waals surface area contributed by atoms with Gasteiger partial charge in [0.25, 0.3) is 0 Å². The summed E-state index contributed by atoms with van der Waals surface area (Å²) in [5.41, 5.74) is 0. The molecule has 0 saturated heterocycles. The molecule has 5 nitrogen and oxygen atoms in total. The van der Waals surface area contributed by atoms with Crippen LogP contribution in [0, 0.1) is 0 Å². The van der Waals surface area contributed by atoms with Crippen LogP contribution in [0.5, 0.6) is 0 Å². The van der Waals surface area contributed by atoms with Crippen LogP contribution in [0.2, 0.25) is 0 Å². The number of ether oxygens (including phenoxy) is 2. The van der Waals surface area contributed by atoms with Crippen LogP contribution in [-0.2, 0) is 19.1 Å². The van der Waals surface area contributed by atoms with Crippen molar-refractivity contribution in [1.29, 1.82) is 0 Å². The topological polar surface area (TPSA) is 72.8 Å². The van der Waals surface area contributed by atoms with Crippen molar-refractivity contribution in [3.8, 4) is 0 Å². The molecule has 0 bridgehead atoms. The molecule has 0 aliphatic carbocycles. The maximum Gasteiger partial charge on any atom is 0.335 e. The molecule has 0 rings (SSSR count). The van der Waals surface area contributed by atoms with Crippen LogP contribution in [0.4, 0.5) is 0 Å². The van der Waals surface area contributed by atoms with Gasteiger partial charge >= 0.3 is 11.9 Å². The fraction of sp³-hybridized carbons (Fsp3) is 0.778. The first-order chi connectivity index (χ1) is 6.61. The molecule has 5 heteroatoms. The Morgan fingerprint density at radius 1 is 1.29 bits per heavy atom. The van der Waals surface area contributed by atoms with Gasteiger partial charge in [-0.25, -0.2) is 4.79 Å². The molecule has 1 unspecified atom stereocenters. The molecule has 0 aliphatic rings. The second-order valence-corrected chi connectivity index (χ2v) is 2.69. The van der Waals surface area contributed by atoms with E-state index in [4.69, 9.17) is 5.11 Å². The number of hydrogen-bond acceptors (Lipinski definition) is 5. The molecular weight excluding hydrogens is 188 g/mol. The second-order valence-electron chi connectivity index (χ2n) is 2.69. The number of hydrogen-bond donors (Lipinski definition) is 1. The fourth-order valence-corrected chi connectivity index (χ4v) is 0.760. The normalized spacial score (nSPS) is 11.9. The lowest BCUT2D eigenvalue weighted by atomic mass is 10.2. The predicted molar refractivity (Wildman–Crippen MR) is 48.5 cm³/mol. The molecule has 0 fully saturated rings. The lowest BCUT2D eigenvalue weighted by molar-refractivity contribution is -0.159.